The summed E-state index contributed by atoms with van der Waals surface area (Å²) < 4.78 is 1.00. The lowest BCUT2D eigenvalue weighted by molar-refractivity contribution is 0.454. The number of halogens is 2. The molecule has 2 nitrogen and oxygen atoms in total. The van der Waals surface area contributed by atoms with Gasteiger partial charge in [-0.05, 0) is 31.5 Å². The predicted octanol–water partition coefficient (Wildman–Crippen LogP) is 3.85. The maximum absolute atomic E-state index is 9.62. The Morgan fingerprint density at radius 3 is 2.75 bits per heavy atom. The van der Waals surface area contributed by atoms with Crippen LogP contribution in [0, 0.1) is 0 Å². The van der Waals surface area contributed by atoms with Gasteiger partial charge in [-0.1, -0.05) is 29.3 Å². The van der Waals surface area contributed by atoms with E-state index >= 15 is 0 Å². The highest BCUT2D eigenvalue weighted by Crippen LogP contribution is 2.21. The molecular formula is C12H19BrClNO. The van der Waals surface area contributed by atoms with Crippen LogP contribution in [0.4, 0.5) is 0 Å². The molecule has 0 bridgehead atoms. The number of phenolic OH excluding ortho intramolecular Hbond substituents is 1. The average molecular weight is 309 g/mol. The molecule has 16 heavy (non-hydrogen) atoms. The van der Waals surface area contributed by atoms with Gasteiger partial charge < -0.3 is 10.4 Å². The first-order valence-electron chi connectivity index (χ1n) is 5.34. The number of aromatic hydroxyl groups is 1. The van der Waals surface area contributed by atoms with E-state index in [-0.39, 0.29) is 12.4 Å². The average Bonchev–Trinajstić information content (AvgIpc) is 2.20. The maximum Gasteiger partial charge on any atom is 0.120 e. The van der Waals surface area contributed by atoms with Crippen LogP contribution >= 0.6 is 28.3 Å². The van der Waals surface area contributed by atoms with Crippen LogP contribution in [0.1, 0.15) is 32.3 Å². The molecule has 0 radical (unpaired) electrons. The van der Waals surface area contributed by atoms with Crippen LogP contribution in [0.3, 0.4) is 0 Å². The van der Waals surface area contributed by atoms with Crippen molar-refractivity contribution in [3.8, 4) is 5.75 Å². The van der Waals surface area contributed by atoms with E-state index in [2.05, 4.69) is 35.1 Å². The van der Waals surface area contributed by atoms with E-state index in [0.717, 1.165) is 16.5 Å². The first kappa shape index (κ1) is 15.8. The Morgan fingerprint density at radius 1 is 1.44 bits per heavy atom. The van der Waals surface area contributed by atoms with Crippen LogP contribution in [0.2, 0.25) is 0 Å². The third-order valence-electron chi connectivity index (χ3n) is 2.40. The van der Waals surface area contributed by atoms with Gasteiger partial charge in [0, 0.05) is 22.6 Å². The molecule has 1 atom stereocenters. The minimum Gasteiger partial charge on any atom is -0.508 e. The fraction of sp³-hybridized carbons (Fsp3) is 0.500. The lowest BCUT2D eigenvalue weighted by Crippen LogP contribution is -2.25. The molecule has 0 amide bonds. The number of rotatable bonds is 5. The number of hydrogen-bond donors (Lipinski definition) is 2. The summed E-state index contributed by atoms with van der Waals surface area (Å²) in [5.74, 6) is 0.356. The summed E-state index contributed by atoms with van der Waals surface area (Å²) in [6, 6.07) is 5.99. The number of nitrogens with one attached hydrogen (secondary N) is 1. The summed E-state index contributed by atoms with van der Waals surface area (Å²) in [7, 11) is 0. The molecule has 2 N–H and O–H groups in total. The van der Waals surface area contributed by atoms with Gasteiger partial charge in [0.2, 0.25) is 0 Å². The zero-order valence-corrected chi connectivity index (χ0v) is 12.1. The Bertz CT molecular complexity index is 320. The van der Waals surface area contributed by atoms with Gasteiger partial charge in [-0.25, -0.2) is 0 Å². The Labute approximate surface area is 112 Å². The highest BCUT2D eigenvalue weighted by atomic mass is 79.9. The number of benzene rings is 1. The van der Waals surface area contributed by atoms with Crippen LogP contribution in [0.25, 0.3) is 0 Å². The van der Waals surface area contributed by atoms with Crippen molar-refractivity contribution in [3.63, 3.8) is 0 Å². The molecule has 4 heteroatoms. The summed E-state index contributed by atoms with van der Waals surface area (Å²) in [4.78, 5) is 0. The molecule has 1 rings (SSSR count). The van der Waals surface area contributed by atoms with Crippen LogP contribution in [-0.2, 0) is 6.54 Å². The van der Waals surface area contributed by atoms with Crippen LogP contribution in [0.5, 0.6) is 5.75 Å². The normalized spacial score (nSPS) is 11.9. The zero-order valence-electron chi connectivity index (χ0n) is 9.66. The van der Waals surface area contributed by atoms with Crippen molar-refractivity contribution < 1.29 is 5.11 Å². The Balaban J connectivity index is 0.00000225. The molecule has 1 aromatic carbocycles. The second kappa shape index (κ2) is 7.93. The second-order valence-corrected chi connectivity index (χ2v) is 4.76. The minimum atomic E-state index is 0. The standard InChI is InChI=1S/C12H18BrNO.ClH/c1-3-4-9(2)14-8-10-7-11(13)5-6-12(10)15;/h5-7,9,14-15H,3-4,8H2,1-2H3;1H. The van der Waals surface area contributed by atoms with Gasteiger partial charge in [0.1, 0.15) is 5.75 Å². The van der Waals surface area contributed by atoms with E-state index in [1.807, 2.05) is 12.1 Å². The molecule has 0 aromatic heterocycles. The third kappa shape index (κ3) is 5.19. The van der Waals surface area contributed by atoms with Gasteiger partial charge in [0.25, 0.3) is 0 Å². The monoisotopic (exact) mass is 307 g/mol. The topological polar surface area (TPSA) is 32.3 Å². The smallest absolute Gasteiger partial charge is 0.120 e. The van der Waals surface area contributed by atoms with Gasteiger partial charge in [-0.15, -0.1) is 12.4 Å². The van der Waals surface area contributed by atoms with Crippen molar-refractivity contribution in [2.75, 3.05) is 0 Å². The molecule has 1 unspecified atom stereocenters. The quantitative estimate of drug-likeness (QED) is 0.866. The van der Waals surface area contributed by atoms with Crippen LogP contribution in [0.15, 0.2) is 22.7 Å². The fourth-order valence-electron chi connectivity index (χ4n) is 1.51. The molecule has 0 aliphatic heterocycles. The van der Waals surface area contributed by atoms with Crippen molar-refractivity contribution in [2.45, 2.75) is 39.3 Å². The summed E-state index contributed by atoms with van der Waals surface area (Å²) >= 11 is 3.40. The van der Waals surface area contributed by atoms with Gasteiger partial charge in [-0.2, -0.15) is 0 Å². The molecule has 92 valence electrons. The van der Waals surface area contributed by atoms with Crippen molar-refractivity contribution >= 4 is 28.3 Å². The minimum absolute atomic E-state index is 0. The summed E-state index contributed by atoms with van der Waals surface area (Å²) in [5, 5.41) is 13.0. The Morgan fingerprint density at radius 2 is 2.12 bits per heavy atom. The van der Waals surface area contributed by atoms with Crippen LogP contribution < -0.4 is 5.32 Å². The van der Waals surface area contributed by atoms with Crippen molar-refractivity contribution in [3.05, 3.63) is 28.2 Å². The SMILES string of the molecule is CCCC(C)NCc1cc(Br)ccc1O.Cl. The van der Waals surface area contributed by atoms with Gasteiger partial charge in [0.05, 0.1) is 0 Å². The first-order valence-corrected chi connectivity index (χ1v) is 6.13. The molecule has 0 aliphatic carbocycles. The first-order chi connectivity index (χ1) is 7.13. The fourth-order valence-corrected chi connectivity index (χ4v) is 1.92. The molecule has 1 aromatic rings. The molecule has 0 spiro atoms. The van der Waals surface area contributed by atoms with E-state index in [9.17, 15) is 5.11 Å². The molecule has 0 fully saturated rings. The lowest BCUT2D eigenvalue weighted by atomic mass is 10.1. The highest BCUT2D eigenvalue weighted by molar-refractivity contribution is 9.10. The van der Waals surface area contributed by atoms with Gasteiger partial charge >= 0.3 is 0 Å². The van der Waals surface area contributed by atoms with Crippen molar-refractivity contribution in [2.24, 2.45) is 0 Å². The molecule has 0 saturated heterocycles. The highest BCUT2D eigenvalue weighted by Gasteiger charge is 2.04. The van der Waals surface area contributed by atoms with Crippen LogP contribution in [-0.4, -0.2) is 11.1 Å². The second-order valence-electron chi connectivity index (χ2n) is 3.84. The zero-order chi connectivity index (χ0) is 11.3. The predicted molar refractivity (Wildman–Crippen MR) is 74.3 cm³/mol. The van der Waals surface area contributed by atoms with Gasteiger partial charge in [0.15, 0.2) is 0 Å². The number of hydrogen-bond acceptors (Lipinski definition) is 2. The molecular weight excluding hydrogens is 289 g/mol. The lowest BCUT2D eigenvalue weighted by Gasteiger charge is -2.13. The summed E-state index contributed by atoms with van der Waals surface area (Å²) in [6.07, 6.45) is 2.34. The summed E-state index contributed by atoms with van der Waals surface area (Å²) in [5.41, 5.74) is 0.937. The van der Waals surface area contributed by atoms with E-state index in [1.165, 1.54) is 6.42 Å². The van der Waals surface area contributed by atoms with E-state index in [4.69, 9.17) is 0 Å². The van der Waals surface area contributed by atoms with E-state index in [1.54, 1.807) is 6.07 Å². The largest absolute Gasteiger partial charge is 0.508 e. The Kier molecular flexibility index (Phi) is 7.81. The molecule has 0 heterocycles. The van der Waals surface area contributed by atoms with Gasteiger partial charge in [-0.3, -0.25) is 0 Å². The number of phenols is 1. The van der Waals surface area contributed by atoms with Crippen molar-refractivity contribution in [1.82, 2.24) is 5.32 Å². The Hall–Kier alpha value is -0.250. The van der Waals surface area contributed by atoms with E-state index < -0.39 is 0 Å². The maximum atomic E-state index is 9.62. The summed E-state index contributed by atoms with van der Waals surface area (Å²) in [6.45, 7) is 5.06. The molecule has 0 aliphatic rings. The third-order valence-corrected chi connectivity index (χ3v) is 2.90. The van der Waals surface area contributed by atoms with Crippen molar-refractivity contribution in [1.29, 1.82) is 0 Å². The van der Waals surface area contributed by atoms with E-state index in [0.29, 0.717) is 18.3 Å². The molecule has 0 saturated carbocycles.